The van der Waals surface area contributed by atoms with E-state index in [9.17, 15) is 25.9 Å². The molecule has 0 radical (unpaired) electrons. The zero-order valence-corrected chi connectivity index (χ0v) is 18.7. The summed E-state index contributed by atoms with van der Waals surface area (Å²) in [6.07, 6.45) is 8.13. The van der Waals surface area contributed by atoms with E-state index in [0.29, 0.717) is 25.7 Å². The second-order valence-electron chi connectivity index (χ2n) is 5.53. The molecule has 2 rings (SSSR count). The number of rotatable bonds is 4. The molecule has 0 atom stereocenters. The zero-order valence-electron chi connectivity index (χ0n) is 13.0. The molecule has 23 heavy (non-hydrogen) atoms. The maximum Gasteiger partial charge on any atom is 2.00 e. The summed E-state index contributed by atoms with van der Waals surface area (Å²) < 4.78 is 69.3. The molecule has 2 fully saturated rings. The van der Waals surface area contributed by atoms with Crippen molar-refractivity contribution in [3.8, 4) is 0 Å². The van der Waals surface area contributed by atoms with Crippen LogP contribution in [0.5, 0.6) is 0 Å². The van der Waals surface area contributed by atoms with Crippen molar-refractivity contribution in [1.82, 2.24) is 0 Å². The Balaban J connectivity index is 0.000000403. The Morgan fingerprint density at radius 3 is 1.09 bits per heavy atom. The van der Waals surface area contributed by atoms with Gasteiger partial charge in [0, 0.05) is 0 Å². The SMILES string of the molecule is O=S(=O)([O-])OC1CCCCC1.O=S(=O)([O-])OC1CCCCC1.[Cd+2]. The first-order valence-corrected chi connectivity index (χ1v) is 10.1. The molecule has 0 saturated heterocycles. The molecule has 0 aromatic heterocycles. The Bertz CT molecular complexity index is 459. The molecule has 0 aromatic carbocycles. The van der Waals surface area contributed by atoms with Gasteiger partial charge in [-0.2, -0.15) is 0 Å². The van der Waals surface area contributed by atoms with Gasteiger partial charge in [-0.1, -0.05) is 38.5 Å². The Morgan fingerprint density at radius 2 is 0.870 bits per heavy atom. The van der Waals surface area contributed by atoms with Crippen LogP contribution in [0.1, 0.15) is 64.2 Å². The van der Waals surface area contributed by atoms with Gasteiger partial charge in [-0.25, -0.2) is 16.8 Å². The quantitative estimate of drug-likeness (QED) is 0.343. The van der Waals surface area contributed by atoms with Crippen molar-refractivity contribution in [2.75, 3.05) is 0 Å². The van der Waals surface area contributed by atoms with Gasteiger partial charge in [-0.3, -0.25) is 8.37 Å². The van der Waals surface area contributed by atoms with Crippen LogP contribution in [0, 0.1) is 0 Å². The Morgan fingerprint density at radius 1 is 0.609 bits per heavy atom. The van der Waals surface area contributed by atoms with Gasteiger partial charge in [0.05, 0.1) is 12.2 Å². The van der Waals surface area contributed by atoms with Crippen molar-refractivity contribution in [3.05, 3.63) is 0 Å². The van der Waals surface area contributed by atoms with Gasteiger partial charge in [0.1, 0.15) is 0 Å². The van der Waals surface area contributed by atoms with Crippen LogP contribution in [0.25, 0.3) is 0 Å². The maximum atomic E-state index is 10.1. The average Bonchev–Trinajstić information content (AvgIpc) is 2.38. The van der Waals surface area contributed by atoms with Crippen molar-refractivity contribution >= 4 is 20.8 Å². The standard InChI is InChI=1S/2C6H12O4S.Cd/c2*7-11(8,9)10-6-4-2-1-3-5-6;/h2*6H,1-5H2,(H,7,8,9);/q;;+2/p-2. The van der Waals surface area contributed by atoms with E-state index in [-0.39, 0.29) is 39.5 Å². The minimum Gasteiger partial charge on any atom is -0.726 e. The van der Waals surface area contributed by atoms with Gasteiger partial charge < -0.3 is 9.11 Å². The Labute approximate surface area is 158 Å². The minimum absolute atomic E-state index is 0. The van der Waals surface area contributed by atoms with Crippen LogP contribution in [-0.4, -0.2) is 38.1 Å². The Kier molecular flexibility index (Phi) is 11.6. The fourth-order valence-electron chi connectivity index (χ4n) is 2.66. The molecule has 132 valence electrons. The van der Waals surface area contributed by atoms with Crippen LogP contribution < -0.4 is 0 Å². The minimum atomic E-state index is -4.47. The summed E-state index contributed by atoms with van der Waals surface area (Å²) in [5.41, 5.74) is 0. The fourth-order valence-corrected chi connectivity index (χ4v) is 3.71. The van der Waals surface area contributed by atoms with Crippen LogP contribution >= 0.6 is 0 Å². The van der Waals surface area contributed by atoms with Gasteiger partial charge in [0.25, 0.3) is 0 Å². The van der Waals surface area contributed by atoms with E-state index in [1.54, 1.807) is 0 Å². The van der Waals surface area contributed by atoms with Crippen molar-refractivity contribution in [2.24, 2.45) is 0 Å². The Hall–Kier alpha value is 0.662. The molecule has 2 aliphatic carbocycles. The van der Waals surface area contributed by atoms with Gasteiger partial charge in [0.15, 0.2) is 0 Å². The molecule has 2 saturated carbocycles. The van der Waals surface area contributed by atoms with E-state index in [1.807, 2.05) is 0 Å². The molecule has 0 spiro atoms. The van der Waals surface area contributed by atoms with Gasteiger partial charge in [-0.15, -0.1) is 0 Å². The van der Waals surface area contributed by atoms with E-state index < -0.39 is 20.8 Å². The van der Waals surface area contributed by atoms with E-state index in [4.69, 9.17) is 0 Å². The van der Waals surface area contributed by atoms with Crippen LogP contribution in [-0.2, 0) is 56.5 Å². The first-order valence-electron chi connectivity index (χ1n) is 7.44. The first-order chi connectivity index (χ1) is 10.2. The smallest absolute Gasteiger partial charge is 0.726 e. The molecule has 0 bridgehead atoms. The predicted octanol–water partition coefficient (Wildman–Crippen LogP) is 1.59. The van der Waals surface area contributed by atoms with Crippen LogP contribution in [0.4, 0.5) is 0 Å². The van der Waals surface area contributed by atoms with Crippen molar-refractivity contribution in [2.45, 2.75) is 76.4 Å². The molecule has 0 N–H and O–H groups in total. The van der Waals surface area contributed by atoms with Gasteiger partial charge in [-0.05, 0) is 25.7 Å². The maximum absolute atomic E-state index is 10.1. The molecule has 11 heteroatoms. The molecule has 2 aliphatic rings. The molecule has 0 heterocycles. The summed E-state index contributed by atoms with van der Waals surface area (Å²) in [5.74, 6) is 0. The van der Waals surface area contributed by atoms with E-state index >= 15 is 0 Å². The summed E-state index contributed by atoms with van der Waals surface area (Å²) in [6.45, 7) is 0. The van der Waals surface area contributed by atoms with Crippen molar-refractivity contribution in [1.29, 1.82) is 0 Å². The largest absolute Gasteiger partial charge is 2.00 e. The van der Waals surface area contributed by atoms with E-state index in [2.05, 4.69) is 8.37 Å². The molecular formula is C12H22CdO8S2. The molecule has 0 aliphatic heterocycles. The first kappa shape index (κ1) is 23.7. The average molecular weight is 471 g/mol. The van der Waals surface area contributed by atoms with Crippen LogP contribution in [0.3, 0.4) is 0 Å². The molecule has 0 aromatic rings. The van der Waals surface area contributed by atoms with Crippen molar-refractivity contribution in [3.63, 3.8) is 0 Å². The van der Waals surface area contributed by atoms with E-state index in [1.165, 1.54) is 0 Å². The number of hydrogen-bond acceptors (Lipinski definition) is 8. The summed E-state index contributed by atoms with van der Waals surface area (Å²) >= 11 is 0. The monoisotopic (exact) mass is 472 g/mol. The fraction of sp³-hybridized carbons (Fsp3) is 1.00. The second-order valence-corrected chi connectivity index (χ2v) is 7.55. The molecule has 0 amide bonds. The molecular weight excluding hydrogens is 449 g/mol. The van der Waals surface area contributed by atoms with Crippen LogP contribution in [0.2, 0.25) is 0 Å². The third kappa shape index (κ3) is 13.6. The molecule has 8 nitrogen and oxygen atoms in total. The zero-order chi connectivity index (χ0) is 16.6. The second kappa shape index (κ2) is 11.3. The van der Waals surface area contributed by atoms with E-state index in [0.717, 1.165) is 38.5 Å². The third-order valence-corrected chi connectivity index (χ3v) is 4.63. The predicted molar refractivity (Wildman–Crippen MR) is 75.3 cm³/mol. The number of hydrogen-bond donors (Lipinski definition) is 0. The van der Waals surface area contributed by atoms with Crippen molar-refractivity contribution < 1.29 is 61.6 Å². The van der Waals surface area contributed by atoms with Gasteiger partial charge in [0.2, 0.25) is 20.8 Å². The normalized spacial score (nSPS) is 21.0. The summed E-state index contributed by atoms with van der Waals surface area (Å²) in [5, 5.41) is 0. The van der Waals surface area contributed by atoms with Crippen LogP contribution in [0.15, 0.2) is 0 Å². The topological polar surface area (TPSA) is 133 Å². The summed E-state index contributed by atoms with van der Waals surface area (Å²) in [4.78, 5) is 0. The molecule has 0 unspecified atom stereocenters. The summed E-state index contributed by atoms with van der Waals surface area (Å²) in [6, 6.07) is 0. The summed E-state index contributed by atoms with van der Waals surface area (Å²) in [7, 11) is -8.95. The third-order valence-electron chi connectivity index (χ3n) is 3.61. The van der Waals surface area contributed by atoms with Gasteiger partial charge >= 0.3 is 27.3 Å².